The summed E-state index contributed by atoms with van der Waals surface area (Å²) in [5.41, 5.74) is 5.23. The lowest BCUT2D eigenvalue weighted by molar-refractivity contribution is 0.261. The first-order valence-corrected chi connectivity index (χ1v) is 15.7. The van der Waals surface area contributed by atoms with Crippen molar-refractivity contribution in [1.29, 1.82) is 0 Å². The van der Waals surface area contributed by atoms with Crippen molar-refractivity contribution in [2.75, 3.05) is 36.2 Å². The Morgan fingerprint density at radius 3 is 1.35 bits per heavy atom. The van der Waals surface area contributed by atoms with Crippen LogP contribution < -0.4 is 19.3 Å². The third kappa shape index (κ3) is 6.71. The maximum atomic E-state index is 6.18. The first-order chi connectivity index (χ1) is 19.4. The predicted octanol–water partition coefficient (Wildman–Crippen LogP) is 6.81. The average Bonchev–Trinajstić information content (AvgIpc) is 3.89. The molecule has 220 valence electrons. The van der Waals surface area contributed by atoms with E-state index in [9.17, 15) is 0 Å². The molecule has 6 unspecified atom stereocenters. The quantitative estimate of drug-likeness (QED) is 0.241. The normalized spacial score (nSPS) is 27.6. The van der Waals surface area contributed by atoms with Crippen molar-refractivity contribution in [3.8, 4) is 11.5 Å². The van der Waals surface area contributed by atoms with Crippen LogP contribution in [0, 0.1) is 0 Å². The van der Waals surface area contributed by atoms with Crippen LogP contribution in [0.5, 0.6) is 11.5 Å². The Bertz CT molecular complexity index is 1010. The summed E-state index contributed by atoms with van der Waals surface area (Å²) < 4.78 is 23.1. The van der Waals surface area contributed by atoms with Gasteiger partial charge in [-0.2, -0.15) is 0 Å². The van der Waals surface area contributed by atoms with Gasteiger partial charge in [0.05, 0.1) is 13.2 Å². The highest BCUT2D eigenvalue weighted by Gasteiger charge is 2.40. The van der Waals surface area contributed by atoms with Crippen LogP contribution in [0.4, 0.5) is 11.4 Å². The van der Waals surface area contributed by atoms with Crippen LogP contribution >= 0.6 is 0 Å². The minimum absolute atomic E-state index is 0.267. The number of unbranched alkanes of at least 4 members (excludes halogenated alkanes) is 2. The highest BCUT2D eigenvalue weighted by molar-refractivity contribution is 5.61. The van der Waals surface area contributed by atoms with Crippen molar-refractivity contribution >= 4 is 11.4 Å². The number of hydrogen-bond donors (Lipinski definition) is 0. The molecule has 40 heavy (non-hydrogen) atoms. The fourth-order valence-corrected chi connectivity index (χ4v) is 6.17. The zero-order chi connectivity index (χ0) is 28.2. The van der Waals surface area contributed by atoms with Crippen molar-refractivity contribution in [1.82, 2.24) is 0 Å². The monoisotopic (exact) mass is 550 g/mol. The molecule has 5 rings (SSSR count). The largest absolute Gasteiger partial charge is 0.491 e. The van der Waals surface area contributed by atoms with Crippen LogP contribution in [0.2, 0.25) is 0 Å². The van der Waals surface area contributed by atoms with Gasteiger partial charge in [0.1, 0.15) is 36.9 Å². The summed E-state index contributed by atoms with van der Waals surface area (Å²) in [5, 5.41) is 0. The molecular weight excluding hydrogens is 500 g/mol. The van der Waals surface area contributed by atoms with Gasteiger partial charge in [0.25, 0.3) is 0 Å². The van der Waals surface area contributed by atoms with Gasteiger partial charge in [0.2, 0.25) is 0 Å². The summed E-state index contributed by atoms with van der Waals surface area (Å²) in [4.78, 5) is 5.28. The number of ether oxygens (including phenoxy) is 4. The number of anilines is 2. The standard InChI is InChI=1S/C34H50N2O4/c1-7-9-11-27-17-29(13-15-33(27)39-21-31-19-37-31)35-23(3)25(5)36(26(6)24(35)4)30-14-16-34(40-22-32-20-38-32)28(18-30)12-10-8-2/h13-18,23-26,31-32H,7-12,19-22H2,1-6H3. The lowest BCUT2D eigenvalue weighted by Gasteiger charge is -2.55. The van der Waals surface area contributed by atoms with Crippen LogP contribution in [0.3, 0.4) is 0 Å². The summed E-state index contributed by atoms with van der Waals surface area (Å²) in [6.45, 7) is 17.0. The smallest absolute Gasteiger partial charge is 0.122 e. The van der Waals surface area contributed by atoms with Crippen molar-refractivity contribution in [2.45, 2.75) is 116 Å². The number of hydrogen-bond acceptors (Lipinski definition) is 6. The molecule has 0 aliphatic carbocycles. The molecule has 3 heterocycles. The molecule has 6 heteroatoms. The van der Waals surface area contributed by atoms with Gasteiger partial charge >= 0.3 is 0 Å². The van der Waals surface area contributed by atoms with E-state index in [1.807, 2.05) is 0 Å². The maximum absolute atomic E-state index is 6.18. The second kappa shape index (κ2) is 13.0. The van der Waals surface area contributed by atoms with Crippen LogP contribution in [-0.2, 0) is 22.3 Å². The van der Waals surface area contributed by atoms with E-state index < -0.39 is 0 Å². The van der Waals surface area contributed by atoms with Gasteiger partial charge in [-0.1, -0.05) is 26.7 Å². The lowest BCUT2D eigenvalue weighted by Crippen LogP contribution is -2.66. The van der Waals surface area contributed by atoms with E-state index in [4.69, 9.17) is 18.9 Å². The number of aryl methyl sites for hydroxylation is 2. The maximum Gasteiger partial charge on any atom is 0.122 e. The Morgan fingerprint density at radius 2 is 1.02 bits per heavy atom. The topological polar surface area (TPSA) is 50.0 Å². The van der Waals surface area contributed by atoms with E-state index in [0.717, 1.165) is 37.6 Å². The molecular formula is C34H50N2O4. The van der Waals surface area contributed by atoms with Crippen LogP contribution in [0.25, 0.3) is 0 Å². The highest BCUT2D eigenvalue weighted by atomic mass is 16.6. The Balaban J connectivity index is 1.37. The van der Waals surface area contributed by atoms with E-state index in [-0.39, 0.29) is 12.2 Å². The van der Waals surface area contributed by atoms with E-state index in [0.29, 0.717) is 37.4 Å². The summed E-state index contributed by atoms with van der Waals surface area (Å²) >= 11 is 0. The minimum Gasteiger partial charge on any atom is -0.491 e. The minimum atomic E-state index is 0.267. The van der Waals surface area contributed by atoms with Gasteiger partial charge in [-0.3, -0.25) is 0 Å². The van der Waals surface area contributed by atoms with Gasteiger partial charge in [0.15, 0.2) is 0 Å². The number of rotatable bonds is 14. The van der Waals surface area contributed by atoms with Crippen molar-refractivity contribution in [2.24, 2.45) is 0 Å². The third-order valence-corrected chi connectivity index (χ3v) is 9.09. The van der Waals surface area contributed by atoms with Crippen molar-refractivity contribution in [3.05, 3.63) is 47.5 Å². The molecule has 3 aliphatic heterocycles. The zero-order valence-corrected chi connectivity index (χ0v) is 25.5. The molecule has 2 aromatic rings. The molecule has 2 aromatic carbocycles. The average molecular weight is 551 g/mol. The van der Waals surface area contributed by atoms with Crippen molar-refractivity contribution < 1.29 is 18.9 Å². The molecule has 0 N–H and O–H groups in total. The van der Waals surface area contributed by atoms with Crippen LogP contribution in [-0.4, -0.2) is 62.8 Å². The van der Waals surface area contributed by atoms with Gasteiger partial charge in [-0.15, -0.1) is 0 Å². The predicted molar refractivity (Wildman–Crippen MR) is 163 cm³/mol. The van der Waals surface area contributed by atoms with Gasteiger partial charge in [-0.05, 0) is 101 Å². The molecule has 6 atom stereocenters. The summed E-state index contributed by atoms with van der Waals surface area (Å²) in [6, 6.07) is 15.1. The Labute approximate surface area is 241 Å². The number of nitrogens with zero attached hydrogens (tertiary/aromatic N) is 2. The van der Waals surface area contributed by atoms with Crippen molar-refractivity contribution in [3.63, 3.8) is 0 Å². The second-order valence-corrected chi connectivity index (χ2v) is 12.1. The first kappa shape index (κ1) is 29.1. The molecule has 6 nitrogen and oxygen atoms in total. The van der Waals surface area contributed by atoms with E-state index in [1.54, 1.807) is 0 Å². The fraction of sp³-hybridized carbons (Fsp3) is 0.647. The van der Waals surface area contributed by atoms with Gasteiger partial charge < -0.3 is 28.7 Å². The fourth-order valence-electron chi connectivity index (χ4n) is 6.17. The van der Waals surface area contributed by atoms with E-state index >= 15 is 0 Å². The molecule has 3 aliphatic rings. The molecule has 0 aromatic heterocycles. The number of epoxide rings is 2. The summed E-state index contributed by atoms with van der Waals surface area (Å²) in [6.07, 6.45) is 7.30. The molecule has 0 saturated carbocycles. The molecule has 0 spiro atoms. The SMILES string of the molecule is CCCCc1cc(N2C(C)C(C)N(c3ccc(OCC4CO4)c(CCCC)c3)C(C)C2C)ccc1OCC1CO1. The molecule has 0 radical (unpaired) electrons. The zero-order valence-electron chi connectivity index (χ0n) is 25.5. The Kier molecular flexibility index (Phi) is 9.47. The third-order valence-electron chi connectivity index (χ3n) is 9.09. The molecule has 0 bridgehead atoms. The van der Waals surface area contributed by atoms with Crippen LogP contribution in [0.15, 0.2) is 36.4 Å². The highest BCUT2D eigenvalue weighted by Crippen LogP contribution is 2.38. The van der Waals surface area contributed by atoms with Crippen LogP contribution in [0.1, 0.15) is 78.4 Å². The lowest BCUT2D eigenvalue weighted by atomic mass is 9.91. The molecule has 3 saturated heterocycles. The summed E-state index contributed by atoms with van der Waals surface area (Å²) in [5.74, 6) is 2.03. The second-order valence-electron chi connectivity index (χ2n) is 12.1. The Morgan fingerprint density at radius 1 is 0.650 bits per heavy atom. The van der Waals surface area contributed by atoms with Gasteiger partial charge in [-0.25, -0.2) is 0 Å². The summed E-state index contributed by atoms with van der Waals surface area (Å²) in [7, 11) is 0. The molecule has 0 amide bonds. The number of piperazine rings is 1. The van der Waals surface area contributed by atoms with E-state index in [2.05, 4.69) is 87.7 Å². The van der Waals surface area contributed by atoms with Gasteiger partial charge in [0, 0.05) is 35.5 Å². The molecule has 3 fully saturated rings. The number of benzene rings is 2. The van der Waals surface area contributed by atoms with E-state index in [1.165, 1.54) is 48.2 Å². The first-order valence-electron chi connectivity index (χ1n) is 15.7. The Hall–Kier alpha value is -2.44.